The van der Waals surface area contributed by atoms with Crippen molar-refractivity contribution in [3.8, 4) is 0 Å². The summed E-state index contributed by atoms with van der Waals surface area (Å²) in [5.74, 6) is 1.69. The van der Waals surface area contributed by atoms with Crippen molar-refractivity contribution in [2.24, 2.45) is 0 Å². The van der Waals surface area contributed by atoms with Gasteiger partial charge in [-0.3, -0.25) is 9.69 Å². The summed E-state index contributed by atoms with van der Waals surface area (Å²) in [5, 5.41) is 3.39. The number of hydrogen-bond acceptors (Lipinski definition) is 10. The average molecular weight is 547 g/mol. The van der Waals surface area contributed by atoms with E-state index in [1.54, 1.807) is 6.33 Å². The van der Waals surface area contributed by atoms with E-state index in [0.29, 0.717) is 38.8 Å². The fourth-order valence-corrected chi connectivity index (χ4v) is 5.52. The molecular formula is C28H38N10O2. The summed E-state index contributed by atoms with van der Waals surface area (Å²) >= 11 is 0. The maximum Gasteiger partial charge on any atom is 0.236 e. The van der Waals surface area contributed by atoms with Gasteiger partial charge in [-0.25, -0.2) is 9.97 Å². The molecule has 2 N–H and O–H groups in total. The molecule has 2 fully saturated rings. The molecule has 3 aliphatic heterocycles. The van der Waals surface area contributed by atoms with Crippen molar-refractivity contribution >= 4 is 34.7 Å². The number of piperazine rings is 1. The number of carbonyl (C=O) groups is 1. The Bertz CT molecular complexity index is 1300. The van der Waals surface area contributed by atoms with E-state index in [0.717, 1.165) is 74.3 Å². The number of rotatable bonds is 7. The van der Waals surface area contributed by atoms with Crippen LogP contribution in [0.15, 0.2) is 36.8 Å². The molecule has 0 radical (unpaired) electrons. The Balaban J connectivity index is 1.06. The summed E-state index contributed by atoms with van der Waals surface area (Å²) in [6, 6.07) is 8.42. The zero-order chi connectivity index (χ0) is 27.5. The fourth-order valence-electron chi connectivity index (χ4n) is 5.52. The van der Waals surface area contributed by atoms with Crippen LogP contribution in [0.5, 0.6) is 0 Å². The monoisotopic (exact) mass is 546 g/mol. The molecule has 2 saturated heterocycles. The number of aromatic amines is 1. The fraction of sp³-hybridized carbons (Fsp3) is 0.500. The van der Waals surface area contributed by atoms with E-state index < -0.39 is 0 Å². The molecule has 5 heterocycles. The third-order valence-corrected chi connectivity index (χ3v) is 7.89. The average Bonchev–Trinajstić information content (AvgIpc) is 3.46. The van der Waals surface area contributed by atoms with Gasteiger partial charge in [-0.05, 0) is 24.3 Å². The second-order valence-electron chi connectivity index (χ2n) is 10.7. The Labute approximate surface area is 234 Å². The molecule has 1 amide bonds. The van der Waals surface area contributed by atoms with Gasteiger partial charge in [0.05, 0.1) is 55.9 Å². The van der Waals surface area contributed by atoms with E-state index in [4.69, 9.17) is 9.72 Å². The highest BCUT2D eigenvalue weighted by Crippen LogP contribution is 2.31. The minimum Gasteiger partial charge on any atom is -0.378 e. The Morgan fingerprint density at radius 3 is 2.52 bits per heavy atom. The molecule has 0 atom stereocenters. The van der Waals surface area contributed by atoms with E-state index in [1.165, 1.54) is 5.69 Å². The van der Waals surface area contributed by atoms with Crippen molar-refractivity contribution in [3.05, 3.63) is 48.2 Å². The lowest BCUT2D eigenvalue weighted by atomic mass is 10.1. The van der Waals surface area contributed by atoms with Gasteiger partial charge in [-0.15, -0.1) is 0 Å². The number of morpholine rings is 1. The van der Waals surface area contributed by atoms with E-state index in [9.17, 15) is 4.79 Å². The number of fused-ring (bicyclic) bond motifs is 1. The summed E-state index contributed by atoms with van der Waals surface area (Å²) in [5.41, 5.74) is 5.38. The predicted molar refractivity (Wildman–Crippen MR) is 155 cm³/mol. The zero-order valence-electron chi connectivity index (χ0n) is 23.3. The highest BCUT2D eigenvalue weighted by Gasteiger charge is 2.25. The van der Waals surface area contributed by atoms with E-state index in [-0.39, 0.29) is 5.91 Å². The molecule has 0 bridgehead atoms. The topological polar surface area (TPSA) is 109 Å². The third-order valence-electron chi connectivity index (χ3n) is 7.89. The van der Waals surface area contributed by atoms with E-state index in [1.807, 2.05) is 25.2 Å². The van der Waals surface area contributed by atoms with Crippen molar-refractivity contribution in [1.29, 1.82) is 0 Å². The van der Waals surface area contributed by atoms with Gasteiger partial charge in [0.2, 0.25) is 11.9 Å². The van der Waals surface area contributed by atoms with E-state index >= 15 is 0 Å². The SMILES string of the molecule is CN(C)c1cnc(Nc2ccc(N3CCN(CC(=O)N4CCOCC4)CC3)cc2)nc1N1CCc2nc[nH]c2C1. The standard InChI is InChI=1S/C28H38N10O2/c1-34(2)25-17-29-28(33-27(25)38-8-7-23-24(18-38)31-20-30-23)32-21-3-5-22(6-4-21)36-11-9-35(10-12-36)19-26(39)37-13-15-40-16-14-37/h3-6,17,20H,7-16,18-19H2,1-2H3,(H,30,31)(H,29,32,33). The molecule has 0 saturated carbocycles. The summed E-state index contributed by atoms with van der Waals surface area (Å²) in [6.07, 6.45) is 4.54. The number of amides is 1. The van der Waals surface area contributed by atoms with Gasteiger partial charge in [0, 0.05) is 77.7 Å². The molecule has 12 heteroatoms. The first-order chi connectivity index (χ1) is 19.5. The van der Waals surface area contributed by atoms with Gasteiger partial charge in [-0.2, -0.15) is 4.98 Å². The molecule has 0 spiro atoms. The van der Waals surface area contributed by atoms with Crippen LogP contribution in [0.3, 0.4) is 0 Å². The lowest BCUT2D eigenvalue weighted by Gasteiger charge is -2.37. The number of benzene rings is 1. The quantitative estimate of drug-likeness (QED) is 0.453. The number of imidazole rings is 1. The maximum absolute atomic E-state index is 12.6. The molecule has 12 nitrogen and oxygen atoms in total. The first-order valence-corrected chi connectivity index (χ1v) is 14.0. The minimum absolute atomic E-state index is 0.211. The lowest BCUT2D eigenvalue weighted by Crippen LogP contribution is -2.51. The van der Waals surface area contributed by atoms with Crippen molar-refractivity contribution in [2.75, 3.05) is 99.7 Å². The molecule has 2 aromatic heterocycles. The zero-order valence-corrected chi connectivity index (χ0v) is 23.3. The van der Waals surface area contributed by atoms with Crippen LogP contribution in [-0.2, 0) is 22.5 Å². The van der Waals surface area contributed by atoms with Crippen molar-refractivity contribution in [3.63, 3.8) is 0 Å². The third kappa shape index (κ3) is 5.82. The van der Waals surface area contributed by atoms with Crippen molar-refractivity contribution in [1.82, 2.24) is 29.7 Å². The Hall–Kier alpha value is -3.90. The minimum atomic E-state index is 0.211. The van der Waals surface area contributed by atoms with Gasteiger partial charge in [0.25, 0.3) is 0 Å². The maximum atomic E-state index is 12.6. The number of hydrogen-bond donors (Lipinski definition) is 2. The van der Waals surface area contributed by atoms with Crippen LogP contribution < -0.4 is 20.0 Å². The van der Waals surface area contributed by atoms with Crippen LogP contribution in [0.2, 0.25) is 0 Å². The van der Waals surface area contributed by atoms with Crippen LogP contribution >= 0.6 is 0 Å². The van der Waals surface area contributed by atoms with Gasteiger partial charge >= 0.3 is 0 Å². The summed E-state index contributed by atoms with van der Waals surface area (Å²) in [6.45, 7) is 8.34. The molecular weight excluding hydrogens is 508 g/mol. The number of H-pyrrole nitrogens is 1. The van der Waals surface area contributed by atoms with Crippen LogP contribution in [0.1, 0.15) is 11.4 Å². The number of nitrogens with zero attached hydrogens (tertiary/aromatic N) is 8. The van der Waals surface area contributed by atoms with Crippen LogP contribution in [-0.4, -0.2) is 115 Å². The molecule has 0 aliphatic carbocycles. The molecule has 6 rings (SSSR count). The van der Waals surface area contributed by atoms with Gasteiger partial charge in [-0.1, -0.05) is 0 Å². The first-order valence-electron chi connectivity index (χ1n) is 14.0. The predicted octanol–water partition coefficient (Wildman–Crippen LogP) is 1.55. The number of anilines is 5. The molecule has 1 aromatic carbocycles. The van der Waals surface area contributed by atoms with Crippen molar-refractivity contribution in [2.45, 2.75) is 13.0 Å². The Kier molecular flexibility index (Phi) is 7.69. The Morgan fingerprint density at radius 2 is 1.77 bits per heavy atom. The Morgan fingerprint density at radius 1 is 1.00 bits per heavy atom. The number of carbonyl (C=O) groups excluding carboxylic acids is 1. The number of nitrogens with one attached hydrogen (secondary N) is 2. The second kappa shape index (κ2) is 11.7. The van der Waals surface area contributed by atoms with Crippen LogP contribution in [0.25, 0.3) is 0 Å². The highest BCUT2D eigenvalue weighted by molar-refractivity contribution is 5.78. The molecule has 212 valence electrons. The van der Waals surface area contributed by atoms with Crippen LogP contribution in [0, 0.1) is 0 Å². The molecule has 40 heavy (non-hydrogen) atoms. The van der Waals surface area contributed by atoms with Gasteiger partial charge in [0.15, 0.2) is 5.82 Å². The van der Waals surface area contributed by atoms with Gasteiger partial charge in [0.1, 0.15) is 0 Å². The first kappa shape index (κ1) is 26.3. The largest absolute Gasteiger partial charge is 0.378 e. The lowest BCUT2D eigenvalue weighted by molar-refractivity contribution is -0.136. The number of aromatic nitrogens is 4. The van der Waals surface area contributed by atoms with Gasteiger partial charge < -0.3 is 34.6 Å². The summed E-state index contributed by atoms with van der Waals surface area (Å²) in [7, 11) is 4.03. The molecule has 0 unspecified atom stereocenters. The molecule has 3 aliphatic rings. The van der Waals surface area contributed by atoms with Crippen LogP contribution in [0.4, 0.5) is 28.8 Å². The summed E-state index contributed by atoms with van der Waals surface area (Å²) in [4.78, 5) is 40.7. The smallest absolute Gasteiger partial charge is 0.236 e. The second-order valence-corrected chi connectivity index (χ2v) is 10.7. The summed E-state index contributed by atoms with van der Waals surface area (Å²) < 4.78 is 5.36. The van der Waals surface area contributed by atoms with Crippen molar-refractivity contribution < 1.29 is 9.53 Å². The molecule has 3 aromatic rings. The number of ether oxygens (including phenoxy) is 1. The van der Waals surface area contributed by atoms with E-state index in [2.05, 4.69) is 64.1 Å². The normalized spacial score (nSPS) is 18.0. The highest BCUT2D eigenvalue weighted by atomic mass is 16.5.